The van der Waals surface area contributed by atoms with Crippen molar-refractivity contribution in [3.05, 3.63) is 11.6 Å². The maximum Gasteiger partial charge on any atom is 0.192 e. The van der Waals surface area contributed by atoms with Gasteiger partial charge in [0.2, 0.25) is 0 Å². The van der Waals surface area contributed by atoms with Crippen molar-refractivity contribution in [3.63, 3.8) is 0 Å². The van der Waals surface area contributed by atoms with Gasteiger partial charge in [0.05, 0.1) is 6.10 Å². The monoisotopic (exact) mass is 432 g/mol. The maximum absolute atomic E-state index is 10.8. The lowest BCUT2D eigenvalue weighted by molar-refractivity contribution is -0.115. The summed E-state index contributed by atoms with van der Waals surface area (Å²) in [4.78, 5) is 0. The summed E-state index contributed by atoms with van der Waals surface area (Å²) >= 11 is 0. The van der Waals surface area contributed by atoms with Gasteiger partial charge in [0.1, 0.15) is 0 Å². The van der Waals surface area contributed by atoms with E-state index in [1.54, 1.807) is 0 Å². The van der Waals surface area contributed by atoms with Crippen molar-refractivity contribution in [2.45, 2.75) is 123 Å². The minimum atomic E-state index is -1.69. The van der Waals surface area contributed by atoms with Crippen LogP contribution >= 0.6 is 0 Å². The number of allylic oxidation sites excluding steroid dienone is 1. The van der Waals surface area contributed by atoms with Gasteiger partial charge in [-0.25, -0.2) is 0 Å². The van der Waals surface area contributed by atoms with E-state index in [1.807, 2.05) is 0 Å². The molecule has 4 fully saturated rings. The van der Waals surface area contributed by atoms with E-state index in [4.69, 9.17) is 4.43 Å². The van der Waals surface area contributed by atoms with Crippen LogP contribution in [0.3, 0.4) is 0 Å². The molecule has 4 saturated carbocycles. The Balaban J connectivity index is 1.50. The third kappa shape index (κ3) is 3.41. The first-order chi connectivity index (χ1) is 13.8. The molecule has 0 aromatic carbocycles. The van der Waals surface area contributed by atoms with Crippen LogP contribution in [0.5, 0.6) is 0 Å². The molecule has 0 saturated heterocycles. The Morgan fingerprint density at radius 1 is 1.00 bits per heavy atom. The lowest BCUT2D eigenvalue weighted by Gasteiger charge is -2.61. The van der Waals surface area contributed by atoms with Crippen LogP contribution in [-0.2, 0) is 4.43 Å². The van der Waals surface area contributed by atoms with Crippen LogP contribution in [0, 0.1) is 34.5 Å². The third-order valence-corrected chi connectivity index (χ3v) is 15.6. The summed E-state index contributed by atoms with van der Waals surface area (Å²) in [6.07, 6.45) is 12.8. The van der Waals surface area contributed by atoms with Crippen LogP contribution in [0.2, 0.25) is 18.1 Å². The van der Waals surface area contributed by atoms with Gasteiger partial charge in [-0.1, -0.05) is 40.7 Å². The van der Waals surface area contributed by atoms with E-state index in [-0.39, 0.29) is 11.5 Å². The summed E-state index contributed by atoms with van der Waals surface area (Å²) in [5.74, 6) is 3.19. The zero-order valence-corrected chi connectivity index (χ0v) is 22.1. The molecule has 172 valence electrons. The lowest BCUT2D eigenvalue weighted by atomic mass is 9.45. The first-order valence-electron chi connectivity index (χ1n) is 12.9. The van der Waals surface area contributed by atoms with Gasteiger partial charge < -0.3 is 9.53 Å². The molecule has 2 nitrogen and oxygen atoms in total. The molecule has 0 amide bonds. The molecule has 0 spiro atoms. The van der Waals surface area contributed by atoms with E-state index in [0.717, 1.165) is 24.2 Å². The third-order valence-electron chi connectivity index (χ3n) is 11.1. The average Bonchev–Trinajstić information content (AvgIpc) is 2.90. The minimum Gasteiger partial charge on any atom is -0.414 e. The molecule has 30 heavy (non-hydrogen) atoms. The highest BCUT2D eigenvalue weighted by molar-refractivity contribution is 6.74. The molecule has 0 aromatic heterocycles. The fourth-order valence-electron chi connectivity index (χ4n) is 8.30. The van der Waals surface area contributed by atoms with Gasteiger partial charge in [-0.3, -0.25) is 0 Å². The van der Waals surface area contributed by atoms with Gasteiger partial charge in [0.25, 0.3) is 0 Å². The maximum atomic E-state index is 10.8. The smallest absolute Gasteiger partial charge is 0.192 e. The van der Waals surface area contributed by atoms with Crippen LogP contribution in [0.15, 0.2) is 11.6 Å². The normalized spacial score (nSPS) is 48.2. The second-order valence-corrected chi connectivity index (χ2v) is 18.1. The predicted octanol–water partition coefficient (Wildman–Crippen LogP) is 7.34. The molecule has 8 atom stereocenters. The minimum absolute atomic E-state index is 0.192. The Bertz CT molecular complexity index is 691. The van der Waals surface area contributed by atoms with Crippen molar-refractivity contribution in [3.8, 4) is 0 Å². The number of aliphatic hydroxyl groups excluding tert-OH is 1. The summed E-state index contributed by atoms with van der Waals surface area (Å²) < 4.78 is 6.90. The summed E-state index contributed by atoms with van der Waals surface area (Å²) in [6.45, 7) is 19.2. The fraction of sp³-hybridized carbons (Fsp3) is 0.926. The molecule has 3 heteroatoms. The van der Waals surface area contributed by atoms with Crippen LogP contribution in [0.1, 0.15) is 92.9 Å². The highest BCUT2D eigenvalue weighted by Crippen LogP contribution is 2.67. The topological polar surface area (TPSA) is 29.5 Å². The predicted molar refractivity (Wildman–Crippen MR) is 129 cm³/mol. The highest BCUT2D eigenvalue weighted by atomic mass is 28.4. The summed E-state index contributed by atoms with van der Waals surface area (Å²) in [6, 6.07) is 0. The van der Waals surface area contributed by atoms with E-state index in [0.29, 0.717) is 22.5 Å². The summed E-state index contributed by atoms with van der Waals surface area (Å²) in [5.41, 5.74) is 2.09. The number of fused-ring (bicyclic) bond motifs is 5. The Labute approximate surface area is 187 Å². The van der Waals surface area contributed by atoms with Crippen molar-refractivity contribution >= 4 is 8.32 Å². The number of rotatable bonds is 2. The molecular weight excluding hydrogens is 384 g/mol. The number of hydrogen-bond donors (Lipinski definition) is 1. The van der Waals surface area contributed by atoms with Crippen LogP contribution in [0.25, 0.3) is 0 Å². The van der Waals surface area contributed by atoms with Crippen LogP contribution in [0.4, 0.5) is 0 Å². The van der Waals surface area contributed by atoms with Crippen molar-refractivity contribution in [2.75, 3.05) is 0 Å². The first-order valence-corrected chi connectivity index (χ1v) is 15.8. The molecular formula is C27H48O2Si. The molecule has 0 bridgehead atoms. The van der Waals surface area contributed by atoms with Crippen molar-refractivity contribution in [1.29, 1.82) is 0 Å². The molecule has 4 aliphatic carbocycles. The lowest BCUT2D eigenvalue weighted by Crippen LogP contribution is -2.54. The van der Waals surface area contributed by atoms with Gasteiger partial charge in [0.15, 0.2) is 8.32 Å². The quantitative estimate of drug-likeness (QED) is 0.365. The molecule has 4 rings (SSSR count). The average molecular weight is 433 g/mol. The number of hydrogen-bond acceptors (Lipinski definition) is 2. The van der Waals surface area contributed by atoms with E-state index in [9.17, 15) is 5.11 Å². The molecule has 1 N–H and O–H groups in total. The Morgan fingerprint density at radius 3 is 2.33 bits per heavy atom. The zero-order chi connectivity index (χ0) is 22.1. The molecule has 0 radical (unpaired) electrons. The van der Waals surface area contributed by atoms with Gasteiger partial charge >= 0.3 is 0 Å². The van der Waals surface area contributed by atoms with Gasteiger partial charge in [0, 0.05) is 6.10 Å². The van der Waals surface area contributed by atoms with E-state index >= 15 is 0 Å². The standard InChI is InChI=1S/C27H48O2Si/c1-9-21-24(28)17-23-20-11-10-18-16-19(29-30(7,8)25(2,3)4)12-14-26(18,5)22(20)13-15-27(21,23)6/h9,18-20,22-24,28H,10-17H2,1-8H3/b21-9-/t18-,19-,20+,22-,23-,24+,26-,27+/m0/s1. The fourth-order valence-corrected chi connectivity index (χ4v) is 9.70. The van der Waals surface area contributed by atoms with Crippen LogP contribution < -0.4 is 0 Å². The second kappa shape index (κ2) is 7.45. The van der Waals surface area contributed by atoms with Crippen molar-refractivity contribution < 1.29 is 9.53 Å². The van der Waals surface area contributed by atoms with E-state index in [1.165, 1.54) is 50.5 Å². The van der Waals surface area contributed by atoms with Crippen molar-refractivity contribution in [1.82, 2.24) is 0 Å². The number of aliphatic hydroxyl groups is 1. The molecule has 0 unspecified atom stereocenters. The highest BCUT2D eigenvalue weighted by Gasteiger charge is 2.60. The SMILES string of the molecule is C/C=C1/[C@H](O)C[C@H]2[C@@H]3CC[C@H]4C[C@@H](O[Si](C)(C)C(C)(C)C)CC[C@]4(C)[C@H]3CC[C@]12C. The Hall–Kier alpha value is -0.123. The Morgan fingerprint density at radius 2 is 1.70 bits per heavy atom. The van der Waals surface area contributed by atoms with Crippen LogP contribution in [-0.4, -0.2) is 25.6 Å². The van der Waals surface area contributed by atoms with E-state index < -0.39 is 8.32 Å². The Kier molecular flexibility index (Phi) is 5.73. The summed E-state index contributed by atoms with van der Waals surface area (Å²) in [7, 11) is -1.69. The molecule has 0 aromatic rings. The zero-order valence-electron chi connectivity index (χ0n) is 21.1. The van der Waals surface area contributed by atoms with Gasteiger partial charge in [-0.15, -0.1) is 0 Å². The first kappa shape index (κ1) is 23.0. The van der Waals surface area contributed by atoms with E-state index in [2.05, 4.69) is 60.7 Å². The second-order valence-electron chi connectivity index (χ2n) is 13.4. The molecule has 4 aliphatic rings. The molecule has 0 aliphatic heterocycles. The van der Waals surface area contributed by atoms with Crippen molar-refractivity contribution in [2.24, 2.45) is 34.5 Å². The largest absolute Gasteiger partial charge is 0.414 e. The summed E-state index contributed by atoms with van der Waals surface area (Å²) in [5, 5.41) is 11.1. The van der Waals surface area contributed by atoms with Gasteiger partial charge in [-0.2, -0.15) is 0 Å². The van der Waals surface area contributed by atoms with Gasteiger partial charge in [-0.05, 0) is 116 Å². The molecule has 0 heterocycles.